The second-order valence-corrected chi connectivity index (χ2v) is 7.46. The highest BCUT2D eigenvalue weighted by atomic mass is 16.5. The Balaban J connectivity index is 1.86. The number of anilines is 1. The predicted octanol–water partition coefficient (Wildman–Crippen LogP) is 3.99. The van der Waals surface area contributed by atoms with E-state index in [1.54, 1.807) is 32.1 Å². The molecule has 30 heavy (non-hydrogen) atoms. The van der Waals surface area contributed by atoms with Gasteiger partial charge in [0.25, 0.3) is 0 Å². The summed E-state index contributed by atoms with van der Waals surface area (Å²) in [6.07, 6.45) is 2.10. The standard InChI is InChI=1S/C23H25N3O4/c1-13-6-14(2)8-15(7-13)26-23-18(12-24-26)16(10-22(27)25-23)17-9-20(29-4)21(30-5)11-19(17)28-3/h6-9,11-12,16H,10H2,1-5H3,(H,25,27). The molecule has 156 valence electrons. The summed E-state index contributed by atoms with van der Waals surface area (Å²) in [5, 5.41) is 7.60. The maximum Gasteiger partial charge on any atom is 0.226 e. The summed E-state index contributed by atoms with van der Waals surface area (Å²) < 4.78 is 18.3. The average Bonchev–Trinajstić information content (AvgIpc) is 3.15. The molecule has 4 rings (SSSR count). The molecule has 1 amide bonds. The summed E-state index contributed by atoms with van der Waals surface area (Å²) >= 11 is 0. The maximum atomic E-state index is 12.7. The van der Waals surface area contributed by atoms with Gasteiger partial charge in [0.2, 0.25) is 5.91 Å². The van der Waals surface area contributed by atoms with E-state index in [2.05, 4.69) is 16.5 Å². The zero-order valence-electron chi connectivity index (χ0n) is 17.8. The summed E-state index contributed by atoms with van der Waals surface area (Å²) in [5.41, 5.74) is 4.96. The Bertz CT molecular complexity index is 1100. The van der Waals surface area contributed by atoms with E-state index in [0.717, 1.165) is 27.9 Å². The Kier molecular flexibility index (Phi) is 5.11. The molecule has 1 N–H and O–H groups in total. The number of rotatable bonds is 5. The number of amides is 1. The molecule has 0 aliphatic carbocycles. The largest absolute Gasteiger partial charge is 0.496 e. The second kappa shape index (κ2) is 7.74. The Morgan fingerprint density at radius 1 is 0.900 bits per heavy atom. The fourth-order valence-corrected chi connectivity index (χ4v) is 4.09. The lowest BCUT2D eigenvalue weighted by molar-refractivity contribution is -0.116. The van der Waals surface area contributed by atoms with E-state index in [1.807, 2.05) is 38.2 Å². The highest BCUT2D eigenvalue weighted by Gasteiger charge is 2.33. The van der Waals surface area contributed by atoms with Crippen molar-refractivity contribution < 1.29 is 19.0 Å². The lowest BCUT2D eigenvalue weighted by atomic mass is 9.86. The number of fused-ring (bicyclic) bond motifs is 1. The molecule has 0 spiro atoms. The van der Waals surface area contributed by atoms with Crippen LogP contribution in [0.5, 0.6) is 17.2 Å². The van der Waals surface area contributed by atoms with E-state index >= 15 is 0 Å². The average molecular weight is 407 g/mol. The van der Waals surface area contributed by atoms with Gasteiger partial charge in [-0.25, -0.2) is 4.68 Å². The summed E-state index contributed by atoms with van der Waals surface area (Å²) in [5.74, 6) is 2.18. The number of nitrogens with one attached hydrogen (secondary N) is 1. The van der Waals surface area contributed by atoms with Crippen LogP contribution in [0.25, 0.3) is 5.69 Å². The van der Waals surface area contributed by atoms with Crippen LogP contribution in [0.3, 0.4) is 0 Å². The van der Waals surface area contributed by atoms with Crippen LogP contribution in [-0.4, -0.2) is 37.0 Å². The SMILES string of the molecule is COc1cc(OC)c(C2CC(=O)Nc3c2cnn3-c2cc(C)cc(C)c2)cc1OC. The summed E-state index contributed by atoms with van der Waals surface area (Å²) in [4.78, 5) is 12.7. The Hall–Kier alpha value is -3.48. The van der Waals surface area contributed by atoms with Gasteiger partial charge in [-0.2, -0.15) is 5.10 Å². The van der Waals surface area contributed by atoms with Crippen LogP contribution < -0.4 is 19.5 Å². The molecule has 0 bridgehead atoms. The molecule has 0 fully saturated rings. The number of aromatic nitrogens is 2. The lowest BCUT2D eigenvalue weighted by Gasteiger charge is -2.26. The van der Waals surface area contributed by atoms with Gasteiger partial charge in [-0.3, -0.25) is 4.79 Å². The summed E-state index contributed by atoms with van der Waals surface area (Å²) in [7, 11) is 4.77. The van der Waals surface area contributed by atoms with Gasteiger partial charge in [0.15, 0.2) is 11.5 Å². The minimum Gasteiger partial charge on any atom is -0.496 e. The zero-order valence-corrected chi connectivity index (χ0v) is 17.8. The highest BCUT2D eigenvalue weighted by Crippen LogP contribution is 2.45. The smallest absolute Gasteiger partial charge is 0.226 e. The molecule has 1 aromatic heterocycles. The predicted molar refractivity (Wildman–Crippen MR) is 114 cm³/mol. The number of hydrogen-bond donors (Lipinski definition) is 1. The molecule has 0 saturated carbocycles. The molecular formula is C23H25N3O4. The van der Waals surface area contributed by atoms with E-state index < -0.39 is 0 Å². The first-order valence-electron chi connectivity index (χ1n) is 9.71. The normalized spacial score (nSPS) is 15.4. The fourth-order valence-electron chi connectivity index (χ4n) is 4.09. The van der Waals surface area contributed by atoms with Crippen LogP contribution in [0, 0.1) is 13.8 Å². The van der Waals surface area contributed by atoms with Crippen LogP contribution in [0.4, 0.5) is 5.82 Å². The van der Waals surface area contributed by atoms with Crippen molar-refractivity contribution in [1.29, 1.82) is 0 Å². The number of ether oxygens (including phenoxy) is 3. The molecule has 7 heteroatoms. The molecule has 1 aliphatic heterocycles. The topological polar surface area (TPSA) is 74.6 Å². The molecule has 1 atom stereocenters. The number of benzene rings is 2. The molecule has 0 radical (unpaired) electrons. The van der Waals surface area contributed by atoms with Crippen molar-refractivity contribution in [2.45, 2.75) is 26.2 Å². The van der Waals surface area contributed by atoms with Gasteiger partial charge in [0.1, 0.15) is 11.6 Å². The van der Waals surface area contributed by atoms with E-state index in [4.69, 9.17) is 14.2 Å². The Morgan fingerprint density at radius 2 is 1.53 bits per heavy atom. The van der Waals surface area contributed by atoms with Crippen LogP contribution in [0.15, 0.2) is 36.5 Å². The van der Waals surface area contributed by atoms with Crippen molar-refractivity contribution >= 4 is 11.7 Å². The number of methoxy groups -OCH3 is 3. The molecule has 1 aliphatic rings. The number of carbonyl (C=O) groups excluding carboxylic acids is 1. The third-order valence-electron chi connectivity index (χ3n) is 5.38. The van der Waals surface area contributed by atoms with Gasteiger partial charge in [0, 0.05) is 29.5 Å². The second-order valence-electron chi connectivity index (χ2n) is 7.46. The third kappa shape index (κ3) is 3.36. The molecule has 0 saturated heterocycles. The van der Waals surface area contributed by atoms with E-state index in [9.17, 15) is 4.79 Å². The van der Waals surface area contributed by atoms with Crippen molar-refractivity contribution in [2.24, 2.45) is 0 Å². The van der Waals surface area contributed by atoms with E-state index in [-0.39, 0.29) is 18.2 Å². The monoisotopic (exact) mass is 407 g/mol. The van der Waals surface area contributed by atoms with E-state index in [0.29, 0.717) is 23.1 Å². The maximum absolute atomic E-state index is 12.7. The molecule has 7 nitrogen and oxygen atoms in total. The number of carbonyl (C=O) groups is 1. The number of hydrogen-bond acceptors (Lipinski definition) is 5. The van der Waals surface area contributed by atoms with Gasteiger partial charge in [-0.1, -0.05) is 6.07 Å². The fraction of sp³-hybridized carbons (Fsp3) is 0.304. The first-order chi connectivity index (χ1) is 14.4. The number of nitrogens with zero attached hydrogens (tertiary/aromatic N) is 2. The summed E-state index contributed by atoms with van der Waals surface area (Å²) in [6, 6.07) is 9.86. The molecular weight excluding hydrogens is 382 g/mol. The minimum absolute atomic E-state index is 0.0736. The van der Waals surface area contributed by atoms with Crippen LogP contribution in [0.1, 0.15) is 34.6 Å². The van der Waals surface area contributed by atoms with Gasteiger partial charge >= 0.3 is 0 Å². The minimum atomic E-state index is -0.219. The first-order valence-corrected chi connectivity index (χ1v) is 9.71. The zero-order chi connectivity index (χ0) is 21.4. The first kappa shape index (κ1) is 19.8. The van der Waals surface area contributed by atoms with Gasteiger partial charge in [-0.05, 0) is 43.2 Å². The van der Waals surface area contributed by atoms with Crippen LogP contribution in [0.2, 0.25) is 0 Å². The van der Waals surface area contributed by atoms with Crippen molar-refractivity contribution in [3.63, 3.8) is 0 Å². The van der Waals surface area contributed by atoms with Crippen molar-refractivity contribution in [2.75, 3.05) is 26.6 Å². The molecule has 2 heterocycles. The van der Waals surface area contributed by atoms with Gasteiger partial charge < -0.3 is 19.5 Å². The molecule has 2 aromatic carbocycles. The van der Waals surface area contributed by atoms with Crippen molar-refractivity contribution in [3.8, 4) is 22.9 Å². The quantitative estimate of drug-likeness (QED) is 0.692. The molecule has 1 unspecified atom stereocenters. The van der Waals surface area contributed by atoms with Gasteiger partial charge in [0.05, 0.1) is 33.2 Å². The summed E-state index contributed by atoms with van der Waals surface area (Å²) in [6.45, 7) is 4.09. The van der Waals surface area contributed by atoms with Gasteiger partial charge in [-0.15, -0.1) is 0 Å². The number of aryl methyl sites for hydroxylation is 2. The van der Waals surface area contributed by atoms with Crippen LogP contribution >= 0.6 is 0 Å². The van der Waals surface area contributed by atoms with Crippen LogP contribution in [-0.2, 0) is 4.79 Å². The van der Waals surface area contributed by atoms with Crippen molar-refractivity contribution in [1.82, 2.24) is 9.78 Å². The Labute approximate surface area is 175 Å². The van der Waals surface area contributed by atoms with Crippen molar-refractivity contribution in [3.05, 3.63) is 58.8 Å². The third-order valence-corrected chi connectivity index (χ3v) is 5.38. The molecule has 3 aromatic rings. The highest BCUT2D eigenvalue weighted by molar-refractivity contribution is 5.95. The lowest BCUT2D eigenvalue weighted by Crippen LogP contribution is -2.25. The van der Waals surface area contributed by atoms with E-state index in [1.165, 1.54) is 0 Å². The Morgan fingerprint density at radius 3 is 2.17 bits per heavy atom.